The molecule has 0 aliphatic rings. The summed E-state index contributed by atoms with van der Waals surface area (Å²) in [5, 5.41) is 11.3. The van der Waals surface area contributed by atoms with Gasteiger partial charge in [-0.2, -0.15) is 0 Å². The molecule has 0 aliphatic carbocycles. The van der Waals surface area contributed by atoms with E-state index < -0.39 is 12.0 Å². The molecule has 0 bridgehead atoms. The van der Waals surface area contributed by atoms with Crippen molar-refractivity contribution in [2.45, 2.75) is 12.5 Å². The maximum absolute atomic E-state index is 10.8. The molecule has 0 aliphatic heterocycles. The van der Waals surface area contributed by atoms with E-state index in [0.29, 0.717) is 12.1 Å². The fourth-order valence-corrected chi connectivity index (χ4v) is 2.54. The SMILES string of the molecule is COc1ccccc1Cc1nc(C(N)C(=O)O)cs1. The Morgan fingerprint density at radius 2 is 2.26 bits per heavy atom. The Labute approximate surface area is 114 Å². The summed E-state index contributed by atoms with van der Waals surface area (Å²) in [4.78, 5) is 15.0. The van der Waals surface area contributed by atoms with Gasteiger partial charge in [0.2, 0.25) is 0 Å². The minimum atomic E-state index is -1.07. The van der Waals surface area contributed by atoms with Crippen molar-refractivity contribution in [2.75, 3.05) is 7.11 Å². The van der Waals surface area contributed by atoms with Crippen molar-refractivity contribution in [3.8, 4) is 5.75 Å². The van der Waals surface area contributed by atoms with Crippen molar-refractivity contribution in [2.24, 2.45) is 5.73 Å². The number of methoxy groups -OCH3 is 1. The molecule has 1 atom stereocenters. The van der Waals surface area contributed by atoms with E-state index >= 15 is 0 Å². The highest BCUT2D eigenvalue weighted by molar-refractivity contribution is 7.09. The van der Waals surface area contributed by atoms with Crippen molar-refractivity contribution in [1.29, 1.82) is 0 Å². The summed E-state index contributed by atoms with van der Waals surface area (Å²) in [5.41, 5.74) is 6.92. The van der Waals surface area contributed by atoms with Crippen LogP contribution in [0.25, 0.3) is 0 Å². The number of benzene rings is 1. The molecule has 0 saturated carbocycles. The van der Waals surface area contributed by atoms with E-state index in [0.717, 1.165) is 16.3 Å². The second-order valence-corrected chi connectivity index (χ2v) is 4.91. The van der Waals surface area contributed by atoms with Gasteiger partial charge in [-0.05, 0) is 6.07 Å². The average Bonchev–Trinajstić information content (AvgIpc) is 2.87. The fraction of sp³-hybridized carbons (Fsp3) is 0.231. The first-order valence-electron chi connectivity index (χ1n) is 5.66. The Kier molecular flexibility index (Phi) is 4.13. The van der Waals surface area contributed by atoms with Crippen LogP contribution >= 0.6 is 11.3 Å². The molecule has 1 aromatic carbocycles. The molecule has 19 heavy (non-hydrogen) atoms. The smallest absolute Gasteiger partial charge is 0.326 e. The fourth-order valence-electron chi connectivity index (χ4n) is 1.69. The summed E-state index contributed by atoms with van der Waals surface area (Å²) in [6.45, 7) is 0. The van der Waals surface area contributed by atoms with Gasteiger partial charge in [-0.3, -0.25) is 4.79 Å². The van der Waals surface area contributed by atoms with Gasteiger partial charge < -0.3 is 15.6 Å². The van der Waals surface area contributed by atoms with Gasteiger partial charge >= 0.3 is 5.97 Å². The average molecular weight is 278 g/mol. The third-order valence-electron chi connectivity index (χ3n) is 2.69. The van der Waals surface area contributed by atoms with E-state index in [2.05, 4.69) is 4.98 Å². The number of ether oxygens (including phenoxy) is 1. The highest BCUT2D eigenvalue weighted by atomic mass is 32.1. The number of carbonyl (C=O) groups is 1. The molecule has 1 aromatic heterocycles. The quantitative estimate of drug-likeness (QED) is 0.871. The van der Waals surface area contributed by atoms with Crippen molar-refractivity contribution in [3.05, 3.63) is 45.9 Å². The first kappa shape index (κ1) is 13.5. The summed E-state index contributed by atoms with van der Waals surface area (Å²) in [5.74, 6) is -0.282. The van der Waals surface area contributed by atoms with Gasteiger partial charge in [0.1, 0.15) is 11.8 Å². The largest absolute Gasteiger partial charge is 0.496 e. The summed E-state index contributed by atoms with van der Waals surface area (Å²) >= 11 is 1.40. The predicted molar refractivity (Wildman–Crippen MR) is 72.5 cm³/mol. The third-order valence-corrected chi connectivity index (χ3v) is 3.56. The first-order chi connectivity index (χ1) is 9.11. The molecule has 1 heterocycles. The van der Waals surface area contributed by atoms with Crippen LogP contribution in [0.4, 0.5) is 0 Å². The van der Waals surface area contributed by atoms with E-state index in [4.69, 9.17) is 15.6 Å². The van der Waals surface area contributed by atoms with Gasteiger partial charge in [-0.15, -0.1) is 11.3 Å². The molecule has 0 fully saturated rings. The lowest BCUT2D eigenvalue weighted by atomic mass is 10.1. The van der Waals surface area contributed by atoms with Crippen LogP contribution in [0.3, 0.4) is 0 Å². The maximum Gasteiger partial charge on any atom is 0.326 e. The molecule has 0 amide bonds. The standard InChI is InChI=1S/C13H14N2O3S/c1-18-10-5-3-2-4-8(10)6-11-15-9(7-19-11)12(14)13(16)17/h2-5,7,12H,6,14H2,1H3,(H,16,17). The van der Waals surface area contributed by atoms with Crippen LogP contribution in [0.15, 0.2) is 29.6 Å². The number of thiazole rings is 1. The lowest BCUT2D eigenvalue weighted by Crippen LogP contribution is -2.20. The maximum atomic E-state index is 10.8. The number of carboxylic acids is 1. The zero-order valence-corrected chi connectivity index (χ0v) is 11.2. The van der Waals surface area contributed by atoms with Crippen LogP contribution < -0.4 is 10.5 Å². The van der Waals surface area contributed by atoms with E-state index in [1.165, 1.54) is 11.3 Å². The van der Waals surface area contributed by atoms with Crippen molar-refractivity contribution in [3.63, 3.8) is 0 Å². The van der Waals surface area contributed by atoms with Crippen LogP contribution in [0, 0.1) is 0 Å². The van der Waals surface area contributed by atoms with E-state index in [1.54, 1.807) is 12.5 Å². The highest BCUT2D eigenvalue weighted by Gasteiger charge is 2.18. The lowest BCUT2D eigenvalue weighted by molar-refractivity contribution is -0.138. The Morgan fingerprint density at radius 1 is 1.53 bits per heavy atom. The Balaban J connectivity index is 2.18. The number of aromatic nitrogens is 1. The Hall–Kier alpha value is -1.92. The number of para-hydroxylation sites is 1. The molecule has 0 saturated heterocycles. The van der Waals surface area contributed by atoms with Crippen molar-refractivity contribution >= 4 is 17.3 Å². The summed E-state index contributed by atoms with van der Waals surface area (Å²) < 4.78 is 5.27. The highest BCUT2D eigenvalue weighted by Crippen LogP contribution is 2.23. The number of nitrogens with zero attached hydrogens (tertiary/aromatic N) is 1. The van der Waals surface area contributed by atoms with Crippen LogP contribution in [-0.2, 0) is 11.2 Å². The van der Waals surface area contributed by atoms with Gasteiger partial charge in [-0.25, -0.2) is 4.98 Å². The summed E-state index contributed by atoms with van der Waals surface area (Å²) in [6.07, 6.45) is 0.598. The number of nitrogens with two attached hydrogens (primary N) is 1. The molecule has 2 rings (SSSR count). The first-order valence-corrected chi connectivity index (χ1v) is 6.54. The minimum Gasteiger partial charge on any atom is -0.496 e. The summed E-state index contributed by atoms with van der Waals surface area (Å²) in [6, 6.07) is 6.59. The molecule has 100 valence electrons. The molecule has 3 N–H and O–H groups in total. The Bertz CT molecular complexity index is 583. The van der Waals surface area contributed by atoms with E-state index in [9.17, 15) is 4.79 Å². The van der Waals surface area contributed by atoms with Crippen LogP contribution in [0.5, 0.6) is 5.75 Å². The van der Waals surface area contributed by atoms with Crippen molar-refractivity contribution < 1.29 is 14.6 Å². The zero-order valence-electron chi connectivity index (χ0n) is 10.4. The topological polar surface area (TPSA) is 85.4 Å². The molecular weight excluding hydrogens is 264 g/mol. The van der Waals surface area contributed by atoms with Gasteiger partial charge in [0.05, 0.1) is 17.8 Å². The number of aliphatic carboxylic acids is 1. The molecular formula is C13H14N2O3S. The van der Waals surface area contributed by atoms with Gasteiger partial charge in [0, 0.05) is 17.4 Å². The molecule has 1 unspecified atom stereocenters. The number of hydrogen-bond acceptors (Lipinski definition) is 5. The van der Waals surface area contributed by atoms with Gasteiger partial charge in [-0.1, -0.05) is 18.2 Å². The van der Waals surface area contributed by atoms with E-state index in [1.807, 2.05) is 24.3 Å². The molecule has 2 aromatic rings. The van der Waals surface area contributed by atoms with Gasteiger partial charge in [0.15, 0.2) is 0 Å². The third kappa shape index (κ3) is 3.10. The normalized spacial score (nSPS) is 12.1. The minimum absolute atomic E-state index is 0.391. The number of carboxylic acid groups (broad SMARTS) is 1. The van der Waals surface area contributed by atoms with E-state index in [-0.39, 0.29) is 0 Å². The second kappa shape index (κ2) is 5.81. The predicted octanol–water partition coefficient (Wildman–Crippen LogP) is 1.83. The van der Waals surface area contributed by atoms with Crippen LogP contribution in [-0.4, -0.2) is 23.2 Å². The summed E-state index contributed by atoms with van der Waals surface area (Å²) in [7, 11) is 1.62. The lowest BCUT2D eigenvalue weighted by Gasteiger charge is -2.06. The monoisotopic (exact) mass is 278 g/mol. The molecule has 0 spiro atoms. The Morgan fingerprint density at radius 3 is 2.95 bits per heavy atom. The molecule has 0 radical (unpaired) electrons. The number of hydrogen-bond donors (Lipinski definition) is 2. The zero-order chi connectivity index (χ0) is 13.8. The molecule has 5 nitrogen and oxygen atoms in total. The van der Waals surface area contributed by atoms with Gasteiger partial charge in [0.25, 0.3) is 0 Å². The second-order valence-electron chi connectivity index (χ2n) is 3.97. The van der Waals surface area contributed by atoms with Crippen LogP contribution in [0.1, 0.15) is 22.3 Å². The number of rotatable bonds is 5. The van der Waals surface area contributed by atoms with Crippen LogP contribution in [0.2, 0.25) is 0 Å². The van der Waals surface area contributed by atoms with Crippen molar-refractivity contribution in [1.82, 2.24) is 4.98 Å². The molecule has 6 heteroatoms.